The standard InChI is InChI=1S/C22H26N2O5/c1-6-29-16-10-7-15(8-11-16)9-12-21(25)23-18-14-20(28-5)19(27-4)13-17(18)22(26)24(2)3/h7-14H,6H2,1-5H3,(H,23,25)/b12-9+. The molecule has 0 aliphatic carbocycles. The fraction of sp³-hybridized carbons (Fsp3) is 0.273. The summed E-state index contributed by atoms with van der Waals surface area (Å²) in [7, 11) is 6.25. The molecule has 2 aromatic carbocycles. The minimum Gasteiger partial charge on any atom is -0.494 e. The molecule has 29 heavy (non-hydrogen) atoms. The van der Waals surface area contributed by atoms with Crippen LogP contribution in [-0.4, -0.2) is 51.6 Å². The molecule has 0 saturated carbocycles. The Morgan fingerprint density at radius 2 is 1.66 bits per heavy atom. The largest absolute Gasteiger partial charge is 0.494 e. The van der Waals surface area contributed by atoms with Crippen molar-refractivity contribution >= 4 is 23.6 Å². The number of carbonyl (C=O) groups is 2. The Balaban J connectivity index is 2.24. The van der Waals surface area contributed by atoms with E-state index in [-0.39, 0.29) is 11.8 Å². The van der Waals surface area contributed by atoms with Gasteiger partial charge >= 0.3 is 0 Å². The molecular weight excluding hydrogens is 372 g/mol. The maximum atomic E-state index is 12.5. The van der Waals surface area contributed by atoms with Crippen LogP contribution < -0.4 is 19.5 Å². The van der Waals surface area contributed by atoms with Gasteiger partial charge in [0.05, 0.1) is 32.1 Å². The smallest absolute Gasteiger partial charge is 0.255 e. The summed E-state index contributed by atoms with van der Waals surface area (Å²) >= 11 is 0. The number of ether oxygens (including phenoxy) is 3. The molecule has 7 heteroatoms. The lowest BCUT2D eigenvalue weighted by atomic mass is 10.1. The van der Waals surface area contributed by atoms with E-state index in [0.29, 0.717) is 29.4 Å². The van der Waals surface area contributed by atoms with Crippen molar-refractivity contribution in [1.29, 1.82) is 0 Å². The van der Waals surface area contributed by atoms with Gasteiger partial charge in [0.1, 0.15) is 5.75 Å². The number of carbonyl (C=O) groups excluding carboxylic acids is 2. The molecule has 0 saturated heterocycles. The van der Waals surface area contributed by atoms with E-state index in [9.17, 15) is 9.59 Å². The summed E-state index contributed by atoms with van der Waals surface area (Å²) in [5.41, 5.74) is 1.48. The Hall–Kier alpha value is -3.48. The SMILES string of the molecule is CCOc1ccc(/C=C/C(=O)Nc2cc(OC)c(OC)cc2C(=O)N(C)C)cc1. The van der Waals surface area contributed by atoms with Crippen molar-refractivity contribution in [2.75, 3.05) is 40.2 Å². The summed E-state index contributed by atoms with van der Waals surface area (Å²) in [6.07, 6.45) is 3.08. The number of hydrogen-bond donors (Lipinski definition) is 1. The van der Waals surface area contributed by atoms with E-state index in [2.05, 4.69) is 5.32 Å². The summed E-state index contributed by atoms with van der Waals surface area (Å²) in [6, 6.07) is 10.5. The molecule has 0 fully saturated rings. The summed E-state index contributed by atoms with van der Waals surface area (Å²) in [6.45, 7) is 2.51. The molecule has 0 aromatic heterocycles. The van der Waals surface area contributed by atoms with Gasteiger partial charge in [-0.3, -0.25) is 9.59 Å². The second kappa shape index (κ2) is 10.2. The molecule has 0 atom stereocenters. The molecule has 2 rings (SSSR count). The topological polar surface area (TPSA) is 77.1 Å². The summed E-state index contributed by atoms with van der Waals surface area (Å²) in [5.74, 6) is 0.941. The fourth-order valence-electron chi connectivity index (χ4n) is 2.59. The Kier molecular flexibility index (Phi) is 7.65. The van der Waals surface area contributed by atoms with E-state index in [1.807, 2.05) is 31.2 Å². The molecule has 0 spiro atoms. The van der Waals surface area contributed by atoms with Gasteiger partial charge in [-0.05, 0) is 36.8 Å². The van der Waals surface area contributed by atoms with Crippen LogP contribution in [0.25, 0.3) is 6.08 Å². The predicted octanol–water partition coefficient (Wildman–Crippen LogP) is 3.46. The maximum Gasteiger partial charge on any atom is 0.255 e. The molecule has 0 aliphatic rings. The quantitative estimate of drug-likeness (QED) is 0.689. The van der Waals surface area contributed by atoms with E-state index in [0.717, 1.165) is 11.3 Å². The van der Waals surface area contributed by atoms with Crippen LogP contribution in [0.15, 0.2) is 42.5 Å². The molecule has 7 nitrogen and oxygen atoms in total. The first-order valence-corrected chi connectivity index (χ1v) is 9.09. The lowest BCUT2D eigenvalue weighted by molar-refractivity contribution is -0.111. The predicted molar refractivity (Wildman–Crippen MR) is 113 cm³/mol. The highest BCUT2D eigenvalue weighted by molar-refractivity contribution is 6.08. The Labute approximate surface area is 170 Å². The molecule has 0 radical (unpaired) electrons. The van der Waals surface area contributed by atoms with E-state index in [4.69, 9.17) is 14.2 Å². The van der Waals surface area contributed by atoms with Crippen molar-refractivity contribution in [3.8, 4) is 17.2 Å². The highest BCUT2D eigenvalue weighted by Crippen LogP contribution is 2.34. The number of hydrogen-bond acceptors (Lipinski definition) is 5. The maximum absolute atomic E-state index is 12.5. The first-order chi connectivity index (χ1) is 13.9. The number of rotatable bonds is 8. The second-order valence-electron chi connectivity index (χ2n) is 6.28. The second-order valence-corrected chi connectivity index (χ2v) is 6.28. The Morgan fingerprint density at radius 1 is 1.03 bits per heavy atom. The van der Waals surface area contributed by atoms with Crippen molar-refractivity contribution in [2.45, 2.75) is 6.92 Å². The van der Waals surface area contributed by atoms with E-state index in [1.54, 1.807) is 32.3 Å². The minimum absolute atomic E-state index is 0.267. The monoisotopic (exact) mass is 398 g/mol. The zero-order chi connectivity index (χ0) is 21.4. The molecule has 0 heterocycles. The first kappa shape index (κ1) is 21.8. The van der Waals surface area contributed by atoms with Gasteiger partial charge in [0.2, 0.25) is 5.91 Å². The van der Waals surface area contributed by atoms with Gasteiger partial charge in [0.15, 0.2) is 11.5 Å². The van der Waals surface area contributed by atoms with Gasteiger partial charge in [-0.1, -0.05) is 12.1 Å². The van der Waals surface area contributed by atoms with Crippen LogP contribution in [0.4, 0.5) is 5.69 Å². The molecule has 2 aromatic rings. The van der Waals surface area contributed by atoms with Crippen molar-refractivity contribution in [2.24, 2.45) is 0 Å². The highest BCUT2D eigenvalue weighted by Gasteiger charge is 2.19. The molecule has 2 amide bonds. The normalized spacial score (nSPS) is 10.5. The molecule has 0 aliphatic heterocycles. The molecule has 1 N–H and O–H groups in total. The van der Waals surface area contributed by atoms with Gasteiger partial charge in [0.25, 0.3) is 5.91 Å². The first-order valence-electron chi connectivity index (χ1n) is 9.09. The number of anilines is 1. The molecule has 154 valence electrons. The zero-order valence-electron chi connectivity index (χ0n) is 17.3. The molecule has 0 bridgehead atoms. The highest BCUT2D eigenvalue weighted by atomic mass is 16.5. The molecule has 0 unspecified atom stereocenters. The Morgan fingerprint density at radius 3 is 2.21 bits per heavy atom. The van der Waals surface area contributed by atoms with Gasteiger partial charge in [-0.25, -0.2) is 0 Å². The fourth-order valence-corrected chi connectivity index (χ4v) is 2.59. The van der Waals surface area contributed by atoms with Crippen molar-refractivity contribution in [3.05, 3.63) is 53.6 Å². The third kappa shape index (κ3) is 5.75. The van der Waals surface area contributed by atoms with Crippen LogP contribution in [0.1, 0.15) is 22.8 Å². The van der Waals surface area contributed by atoms with Crippen molar-refractivity contribution in [3.63, 3.8) is 0 Å². The van der Waals surface area contributed by atoms with Crippen LogP contribution in [-0.2, 0) is 4.79 Å². The van der Waals surface area contributed by atoms with Crippen LogP contribution in [0.2, 0.25) is 0 Å². The van der Waals surface area contributed by atoms with Gasteiger partial charge in [-0.2, -0.15) is 0 Å². The molecular formula is C22H26N2O5. The lowest BCUT2D eigenvalue weighted by Crippen LogP contribution is -2.24. The van der Waals surface area contributed by atoms with Gasteiger partial charge in [-0.15, -0.1) is 0 Å². The number of nitrogens with one attached hydrogen (secondary N) is 1. The average Bonchev–Trinajstić information content (AvgIpc) is 2.72. The number of nitrogens with zero attached hydrogens (tertiary/aromatic N) is 1. The number of benzene rings is 2. The summed E-state index contributed by atoms with van der Waals surface area (Å²) < 4.78 is 15.9. The van der Waals surface area contributed by atoms with E-state index >= 15 is 0 Å². The minimum atomic E-state index is -0.376. The van der Waals surface area contributed by atoms with Crippen LogP contribution in [0, 0.1) is 0 Å². The van der Waals surface area contributed by atoms with Gasteiger partial charge in [0, 0.05) is 26.2 Å². The van der Waals surface area contributed by atoms with Crippen molar-refractivity contribution < 1.29 is 23.8 Å². The van der Waals surface area contributed by atoms with E-state index < -0.39 is 0 Å². The van der Waals surface area contributed by atoms with Crippen molar-refractivity contribution in [1.82, 2.24) is 4.90 Å². The third-order valence-corrected chi connectivity index (χ3v) is 4.04. The van der Waals surface area contributed by atoms with Crippen LogP contribution >= 0.6 is 0 Å². The third-order valence-electron chi connectivity index (χ3n) is 4.04. The number of methoxy groups -OCH3 is 2. The van der Waals surface area contributed by atoms with Crippen LogP contribution in [0.3, 0.4) is 0 Å². The zero-order valence-corrected chi connectivity index (χ0v) is 17.3. The van der Waals surface area contributed by atoms with Gasteiger partial charge < -0.3 is 24.4 Å². The van der Waals surface area contributed by atoms with E-state index in [1.165, 1.54) is 25.2 Å². The number of amides is 2. The average molecular weight is 398 g/mol. The van der Waals surface area contributed by atoms with Crippen LogP contribution in [0.5, 0.6) is 17.2 Å². The lowest BCUT2D eigenvalue weighted by Gasteiger charge is -2.17. The summed E-state index contributed by atoms with van der Waals surface area (Å²) in [4.78, 5) is 26.4. The Bertz CT molecular complexity index is 889. The summed E-state index contributed by atoms with van der Waals surface area (Å²) in [5, 5.41) is 2.74.